The van der Waals surface area contributed by atoms with E-state index < -0.39 is 33.4 Å². The lowest BCUT2D eigenvalue weighted by Crippen LogP contribution is -2.58. The van der Waals surface area contributed by atoms with Crippen LogP contribution in [0.5, 0.6) is 5.75 Å². The Morgan fingerprint density at radius 2 is 1.80 bits per heavy atom. The lowest BCUT2D eigenvalue weighted by molar-refractivity contribution is -0.146. The number of ether oxygens (including phenoxy) is 1. The molecule has 2 bridgehead atoms. The van der Waals surface area contributed by atoms with Gasteiger partial charge in [-0.2, -0.15) is 0 Å². The van der Waals surface area contributed by atoms with Crippen LogP contribution >= 0.6 is 11.8 Å². The molecule has 0 aromatic heterocycles. The van der Waals surface area contributed by atoms with E-state index in [0.29, 0.717) is 31.0 Å². The van der Waals surface area contributed by atoms with Crippen molar-refractivity contribution in [3.8, 4) is 5.75 Å². The SMILES string of the molecule is C=CCN(C(=O)[C@H]1[C@H]2C(=O)N([C@H](C)CO)C(C(=O)N(CC=C)C(C)C)C23CC[C@]1(C)S3)c1ccc(OCC)cc1. The Balaban J connectivity index is 1.78. The summed E-state index contributed by atoms with van der Waals surface area (Å²) in [7, 11) is 0. The molecule has 9 heteroatoms. The van der Waals surface area contributed by atoms with Crippen molar-refractivity contribution in [2.45, 2.75) is 75.1 Å². The van der Waals surface area contributed by atoms with Crippen LogP contribution in [0.3, 0.4) is 0 Å². The molecule has 2 unspecified atom stereocenters. The van der Waals surface area contributed by atoms with Gasteiger partial charge in [-0.1, -0.05) is 12.2 Å². The largest absolute Gasteiger partial charge is 0.494 e. The number of hydrogen-bond donors (Lipinski definition) is 1. The van der Waals surface area contributed by atoms with Gasteiger partial charge < -0.3 is 24.5 Å². The Morgan fingerprint density at radius 3 is 2.35 bits per heavy atom. The van der Waals surface area contributed by atoms with Crippen LogP contribution in [0.15, 0.2) is 49.6 Å². The molecular formula is C31H43N3O5S. The molecule has 0 saturated carbocycles. The van der Waals surface area contributed by atoms with E-state index in [-0.39, 0.29) is 36.9 Å². The van der Waals surface area contributed by atoms with Gasteiger partial charge in [-0.05, 0) is 71.7 Å². The minimum absolute atomic E-state index is 0.0957. The van der Waals surface area contributed by atoms with Crippen molar-refractivity contribution in [1.29, 1.82) is 0 Å². The van der Waals surface area contributed by atoms with Crippen molar-refractivity contribution < 1.29 is 24.2 Å². The molecular weight excluding hydrogens is 526 g/mol. The van der Waals surface area contributed by atoms with Crippen molar-refractivity contribution in [2.24, 2.45) is 11.8 Å². The number of carbonyl (C=O) groups excluding carboxylic acids is 3. The number of likely N-dealkylation sites (tertiary alicyclic amines) is 1. The average molecular weight is 570 g/mol. The maximum atomic E-state index is 14.5. The average Bonchev–Trinajstić information content (AvgIpc) is 3.50. The van der Waals surface area contributed by atoms with E-state index in [1.165, 1.54) is 0 Å². The van der Waals surface area contributed by atoms with Gasteiger partial charge in [0.15, 0.2) is 0 Å². The quantitative estimate of drug-likeness (QED) is 0.384. The first-order valence-corrected chi connectivity index (χ1v) is 15.0. The van der Waals surface area contributed by atoms with Crippen molar-refractivity contribution >= 4 is 35.2 Å². The van der Waals surface area contributed by atoms with Crippen LogP contribution in [0, 0.1) is 11.8 Å². The molecule has 0 radical (unpaired) electrons. The van der Waals surface area contributed by atoms with Crippen molar-refractivity contribution in [3.05, 3.63) is 49.6 Å². The summed E-state index contributed by atoms with van der Waals surface area (Å²) in [6.07, 6.45) is 4.76. The number of fused-ring (bicyclic) bond motifs is 1. The monoisotopic (exact) mass is 569 g/mol. The fraction of sp³-hybridized carbons (Fsp3) is 0.581. The summed E-state index contributed by atoms with van der Waals surface area (Å²) in [5.74, 6) is -1.08. The van der Waals surface area contributed by atoms with Crippen molar-refractivity contribution in [3.63, 3.8) is 0 Å². The summed E-state index contributed by atoms with van der Waals surface area (Å²) in [5, 5.41) is 10.1. The maximum absolute atomic E-state index is 14.5. The summed E-state index contributed by atoms with van der Waals surface area (Å²) in [5.41, 5.74) is 0.703. The van der Waals surface area contributed by atoms with Gasteiger partial charge in [0.05, 0.1) is 35.8 Å². The zero-order chi connectivity index (χ0) is 29.4. The fourth-order valence-electron chi connectivity index (χ4n) is 6.94. The van der Waals surface area contributed by atoms with Crippen LogP contribution in [0.2, 0.25) is 0 Å². The first-order chi connectivity index (χ1) is 19.0. The number of nitrogens with zero attached hydrogens (tertiary/aromatic N) is 3. The van der Waals surface area contributed by atoms with Gasteiger partial charge in [0.1, 0.15) is 11.8 Å². The van der Waals surface area contributed by atoms with Crippen LogP contribution in [-0.2, 0) is 14.4 Å². The second kappa shape index (κ2) is 11.6. The highest BCUT2D eigenvalue weighted by Crippen LogP contribution is 2.72. The van der Waals surface area contributed by atoms with Crippen LogP contribution < -0.4 is 9.64 Å². The zero-order valence-electron chi connectivity index (χ0n) is 24.3. The van der Waals surface area contributed by atoms with Crippen LogP contribution in [0.1, 0.15) is 47.5 Å². The predicted molar refractivity (Wildman–Crippen MR) is 159 cm³/mol. The van der Waals surface area contributed by atoms with E-state index in [2.05, 4.69) is 20.1 Å². The third-order valence-electron chi connectivity index (χ3n) is 8.72. The number of aliphatic hydroxyl groups excluding tert-OH is 1. The van der Waals surface area contributed by atoms with Gasteiger partial charge in [0.25, 0.3) is 0 Å². The van der Waals surface area contributed by atoms with E-state index >= 15 is 0 Å². The molecule has 3 aliphatic heterocycles. The third-order valence-corrected chi connectivity index (χ3v) is 10.7. The van der Waals surface area contributed by atoms with Crippen LogP contribution in [0.25, 0.3) is 0 Å². The minimum Gasteiger partial charge on any atom is -0.494 e. The Kier molecular flexibility index (Phi) is 8.76. The highest BCUT2D eigenvalue weighted by atomic mass is 32.2. The molecule has 4 rings (SSSR count). The standard InChI is InChI=1S/C31H43N3O5S/c1-8-17-32(20(4)5)29(38)26-31-16-15-30(7,40-31)24(25(31)28(37)34(26)21(6)19-35)27(36)33(18-9-2)22-11-13-23(14-12-22)39-10-3/h8-9,11-14,20-21,24-26,35H,1-2,10,15-19H2,3-7H3/t21-,24-,25+,26?,30+,31?/m1/s1. The Hall–Kier alpha value is -2.78. The second-order valence-corrected chi connectivity index (χ2v) is 13.4. The number of hydrogen-bond acceptors (Lipinski definition) is 6. The zero-order valence-corrected chi connectivity index (χ0v) is 25.2. The number of benzene rings is 1. The molecule has 6 atom stereocenters. The van der Waals surface area contributed by atoms with Gasteiger partial charge >= 0.3 is 0 Å². The van der Waals surface area contributed by atoms with E-state index in [1.807, 2.05) is 45.0 Å². The molecule has 3 saturated heterocycles. The first kappa shape index (κ1) is 30.2. The minimum atomic E-state index is -0.766. The molecule has 40 heavy (non-hydrogen) atoms. The third kappa shape index (κ3) is 4.75. The second-order valence-electron chi connectivity index (χ2n) is 11.5. The highest BCUT2D eigenvalue weighted by Gasteiger charge is 2.78. The van der Waals surface area contributed by atoms with Gasteiger partial charge in [-0.15, -0.1) is 24.9 Å². The molecule has 1 aromatic carbocycles. The molecule has 1 aromatic rings. The van der Waals surface area contributed by atoms with Crippen LogP contribution in [-0.4, -0.2) is 86.6 Å². The summed E-state index contributed by atoms with van der Waals surface area (Å²) in [6.45, 7) is 18.3. The molecule has 3 aliphatic rings. The number of amides is 3. The number of carbonyl (C=O) groups is 3. The molecule has 1 spiro atoms. The number of anilines is 1. The number of aliphatic hydroxyl groups is 1. The van der Waals surface area contributed by atoms with Gasteiger partial charge in [0.2, 0.25) is 17.7 Å². The van der Waals surface area contributed by atoms with E-state index in [0.717, 1.165) is 6.42 Å². The molecule has 3 amide bonds. The topological polar surface area (TPSA) is 90.4 Å². The maximum Gasteiger partial charge on any atom is 0.247 e. The smallest absolute Gasteiger partial charge is 0.247 e. The first-order valence-electron chi connectivity index (χ1n) is 14.2. The fourth-order valence-corrected chi connectivity index (χ4v) is 9.27. The molecule has 8 nitrogen and oxygen atoms in total. The normalized spacial score (nSPS) is 29.3. The molecule has 1 N–H and O–H groups in total. The number of thioether (sulfide) groups is 1. The lowest BCUT2D eigenvalue weighted by atomic mass is 9.66. The van der Waals surface area contributed by atoms with E-state index in [4.69, 9.17) is 4.74 Å². The van der Waals surface area contributed by atoms with Gasteiger partial charge in [-0.25, -0.2) is 0 Å². The van der Waals surface area contributed by atoms with Gasteiger partial charge in [0, 0.05) is 29.6 Å². The van der Waals surface area contributed by atoms with Crippen molar-refractivity contribution in [1.82, 2.24) is 9.80 Å². The summed E-state index contributed by atoms with van der Waals surface area (Å²) in [4.78, 5) is 48.1. The highest BCUT2D eigenvalue weighted by molar-refractivity contribution is 8.02. The number of rotatable bonds is 12. The molecule has 3 heterocycles. The molecule has 218 valence electrons. The summed E-state index contributed by atoms with van der Waals surface area (Å²) in [6, 6.07) is 5.95. The predicted octanol–water partition coefficient (Wildman–Crippen LogP) is 3.89. The van der Waals surface area contributed by atoms with Crippen LogP contribution in [0.4, 0.5) is 5.69 Å². The Morgan fingerprint density at radius 1 is 1.15 bits per heavy atom. The van der Waals surface area contributed by atoms with E-state index in [1.54, 1.807) is 45.5 Å². The van der Waals surface area contributed by atoms with E-state index in [9.17, 15) is 19.5 Å². The summed E-state index contributed by atoms with van der Waals surface area (Å²) < 4.78 is 4.33. The molecule has 0 aliphatic carbocycles. The van der Waals surface area contributed by atoms with Crippen molar-refractivity contribution in [2.75, 3.05) is 31.2 Å². The molecule has 3 fully saturated rings. The Labute approximate surface area is 242 Å². The lowest BCUT2D eigenvalue weighted by Gasteiger charge is -2.40. The Bertz CT molecular complexity index is 1160. The summed E-state index contributed by atoms with van der Waals surface area (Å²) >= 11 is 1.64. The van der Waals surface area contributed by atoms with Gasteiger partial charge in [-0.3, -0.25) is 14.4 Å².